The van der Waals surface area contributed by atoms with Crippen LogP contribution < -0.4 is 10.0 Å². The zero-order valence-electron chi connectivity index (χ0n) is 13.7. The second-order valence-corrected chi connectivity index (χ2v) is 7.11. The van der Waals surface area contributed by atoms with Crippen LogP contribution in [0.3, 0.4) is 0 Å². The van der Waals surface area contributed by atoms with E-state index in [-0.39, 0.29) is 22.1 Å². The first-order valence-corrected chi connectivity index (χ1v) is 9.23. The van der Waals surface area contributed by atoms with Gasteiger partial charge in [-0.05, 0) is 29.8 Å². The molecule has 0 aliphatic rings. The summed E-state index contributed by atoms with van der Waals surface area (Å²) >= 11 is 0. The van der Waals surface area contributed by atoms with Crippen molar-refractivity contribution in [3.8, 4) is 0 Å². The molecule has 8 heteroatoms. The van der Waals surface area contributed by atoms with Crippen molar-refractivity contribution >= 4 is 21.6 Å². The molecule has 2 N–H and O–H groups in total. The van der Waals surface area contributed by atoms with Gasteiger partial charge in [0.05, 0.1) is 22.3 Å². The van der Waals surface area contributed by atoms with Crippen LogP contribution in [0.1, 0.15) is 15.9 Å². The summed E-state index contributed by atoms with van der Waals surface area (Å²) in [6, 6.07) is 13.0. The van der Waals surface area contributed by atoms with Crippen LogP contribution in [0.2, 0.25) is 0 Å². The van der Waals surface area contributed by atoms with Crippen LogP contribution in [-0.4, -0.2) is 24.3 Å². The van der Waals surface area contributed by atoms with Crippen molar-refractivity contribution in [3.05, 3.63) is 84.4 Å². The van der Waals surface area contributed by atoms with E-state index < -0.39 is 10.0 Å². The largest absolute Gasteiger partial charge is 0.348 e. The highest BCUT2D eigenvalue weighted by molar-refractivity contribution is 7.92. The van der Waals surface area contributed by atoms with Crippen molar-refractivity contribution < 1.29 is 13.2 Å². The summed E-state index contributed by atoms with van der Waals surface area (Å²) in [6.07, 6.45) is 6.03. The van der Waals surface area contributed by atoms with E-state index in [0.717, 1.165) is 5.56 Å². The predicted molar refractivity (Wildman–Crippen MR) is 96.9 cm³/mol. The number of hydrogen-bond donors (Lipinski definition) is 2. The molecule has 2 aromatic heterocycles. The second kappa shape index (κ2) is 7.75. The molecule has 26 heavy (non-hydrogen) atoms. The molecule has 0 aliphatic carbocycles. The minimum Gasteiger partial charge on any atom is -0.348 e. The molecule has 3 aromatic rings. The normalized spacial score (nSPS) is 10.9. The Morgan fingerprint density at radius 1 is 0.962 bits per heavy atom. The van der Waals surface area contributed by atoms with E-state index in [4.69, 9.17) is 0 Å². The smallest absolute Gasteiger partial charge is 0.261 e. The molecule has 0 radical (unpaired) electrons. The Hall–Kier alpha value is -3.26. The Kier molecular flexibility index (Phi) is 5.23. The summed E-state index contributed by atoms with van der Waals surface area (Å²) < 4.78 is 27.1. The van der Waals surface area contributed by atoms with Gasteiger partial charge in [-0.2, -0.15) is 0 Å². The fourth-order valence-corrected chi connectivity index (χ4v) is 3.28. The summed E-state index contributed by atoms with van der Waals surface area (Å²) in [5.41, 5.74) is 1.32. The molecule has 0 spiro atoms. The van der Waals surface area contributed by atoms with Crippen LogP contribution in [-0.2, 0) is 16.6 Å². The van der Waals surface area contributed by atoms with Crippen molar-refractivity contribution in [2.75, 3.05) is 4.72 Å². The van der Waals surface area contributed by atoms with Gasteiger partial charge >= 0.3 is 0 Å². The topological polar surface area (TPSA) is 101 Å². The molecule has 0 atom stereocenters. The predicted octanol–water partition coefficient (Wildman–Crippen LogP) is 2.21. The average molecular weight is 368 g/mol. The second-order valence-electron chi connectivity index (χ2n) is 5.42. The van der Waals surface area contributed by atoms with E-state index in [1.807, 2.05) is 6.07 Å². The number of carbonyl (C=O) groups is 1. The molecule has 0 saturated heterocycles. The number of nitrogens with one attached hydrogen (secondary N) is 2. The zero-order valence-corrected chi connectivity index (χ0v) is 14.5. The van der Waals surface area contributed by atoms with Gasteiger partial charge in [-0.1, -0.05) is 24.3 Å². The van der Waals surface area contributed by atoms with Crippen LogP contribution >= 0.6 is 0 Å². The lowest BCUT2D eigenvalue weighted by atomic mass is 10.2. The van der Waals surface area contributed by atoms with Crippen molar-refractivity contribution in [1.82, 2.24) is 15.3 Å². The van der Waals surface area contributed by atoms with Crippen LogP contribution in [0.25, 0.3) is 0 Å². The van der Waals surface area contributed by atoms with Gasteiger partial charge < -0.3 is 5.32 Å². The molecule has 0 unspecified atom stereocenters. The number of pyridine rings is 2. The molecule has 1 aromatic carbocycles. The quantitative estimate of drug-likeness (QED) is 0.695. The van der Waals surface area contributed by atoms with E-state index in [2.05, 4.69) is 20.0 Å². The number of hydrogen-bond acceptors (Lipinski definition) is 5. The monoisotopic (exact) mass is 368 g/mol. The molecule has 0 fully saturated rings. The standard InChI is InChI=1S/C18H16N4O3S/c23-18(21-11-14-5-4-8-19-10-14)15-9-16(13-20-12-15)22-26(24,25)17-6-2-1-3-7-17/h1-10,12-13,22H,11H2,(H,21,23). The van der Waals surface area contributed by atoms with Crippen LogP contribution in [0.5, 0.6) is 0 Å². The maximum absolute atomic E-state index is 12.3. The van der Waals surface area contributed by atoms with Crippen molar-refractivity contribution in [2.24, 2.45) is 0 Å². The first kappa shape index (κ1) is 17.6. The number of carbonyl (C=O) groups excluding carboxylic acids is 1. The third-order valence-electron chi connectivity index (χ3n) is 3.48. The zero-order chi connectivity index (χ0) is 18.4. The van der Waals surface area contributed by atoms with E-state index in [1.165, 1.54) is 30.6 Å². The molecule has 132 valence electrons. The molecular weight excluding hydrogens is 352 g/mol. The Bertz CT molecular complexity index is 993. The highest BCUT2D eigenvalue weighted by Crippen LogP contribution is 2.16. The van der Waals surface area contributed by atoms with Crippen LogP contribution in [0, 0.1) is 0 Å². The first-order chi connectivity index (χ1) is 12.5. The van der Waals surface area contributed by atoms with Gasteiger partial charge in [0.25, 0.3) is 15.9 Å². The van der Waals surface area contributed by atoms with Gasteiger partial charge in [0.1, 0.15) is 0 Å². The highest BCUT2D eigenvalue weighted by Gasteiger charge is 2.15. The van der Waals surface area contributed by atoms with E-state index >= 15 is 0 Å². The Labute approximate surface area is 151 Å². The first-order valence-electron chi connectivity index (χ1n) is 7.75. The fourth-order valence-electron chi connectivity index (χ4n) is 2.22. The van der Waals surface area contributed by atoms with Gasteiger partial charge in [0.15, 0.2) is 0 Å². The summed E-state index contributed by atoms with van der Waals surface area (Å²) in [5.74, 6) is -0.359. The maximum atomic E-state index is 12.3. The molecular formula is C18H16N4O3S. The number of sulfonamides is 1. The average Bonchev–Trinajstić information content (AvgIpc) is 2.67. The summed E-state index contributed by atoms with van der Waals surface area (Å²) in [5, 5.41) is 2.74. The fraction of sp³-hybridized carbons (Fsp3) is 0.0556. The number of amides is 1. The van der Waals surface area contributed by atoms with Crippen molar-refractivity contribution in [2.45, 2.75) is 11.4 Å². The number of aromatic nitrogens is 2. The molecule has 2 heterocycles. The minimum absolute atomic E-state index is 0.131. The SMILES string of the molecule is O=C(NCc1cccnc1)c1cncc(NS(=O)(=O)c2ccccc2)c1. The van der Waals surface area contributed by atoms with Gasteiger partial charge in [-0.25, -0.2) is 8.42 Å². The van der Waals surface area contributed by atoms with E-state index in [9.17, 15) is 13.2 Å². The number of rotatable bonds is 6. The van der Waals surface area contributed by atoms with Gasteiger partial charge in [0, 0.05) is 25.1 Å². The Morgan fingerprint density at radius 3 is 2.50 bits per heavy atom. The number of anilines is 1. The molecule has 0 saturated carbocycles. The highest BCUT2D eigenvalue weighted by atomic mass is 32.2. The molecule has 0 bridgehead atoms. The lowest BCUT2D eigenvalue weighted by molar-refractivity contribution is 0.0950. The van der Waals surface area contributed by atoms with Crippen LogP contribution in [0.15, 0.2) is 78.2 Å². The Balaban J connectivity index is 1.71. The lowest BCUT2D eigenvalue weighted by Crippen LogP contribution is -2.23. The number of nitrogens with zero attached hydrogens (tertiary/aromatic N) is 2. The van der Waals surface area contributed by atoms with Gasteiger partial charge in [-0.15, -0.1) is 0 Å². The van der Waals surface area contributed by atoms with E-state index in [1.54, 1.807) is 36.7 Å². The summed E-state index contributed by atoms with van der Waals surface area (Å²) in [4.78, 5) is 20.3. The summed E-state index contributed by atoms with van der Waals surface area (Å²) in [7, 11) is -3.74. The third kappa shape index (κ3) is 4.42. The molecule has 1 amide bonds. The van der Waals surface area contributed by atoms with Gasteiger partial charge in [-0.3, -0.25) is 19.5 Å². The van der Waals surface area contributed by atoms with E-state index in [0.29, 0.717) is 6.54 Å². The van der Waals surface area contributed by atoms with Crippen molar-refractivity contribution in [1.29, 1.82) is 0 Å². The summed E-state index contributed by atoms with van der Waals surface area (Å²) in [6.45, 7) is 0.312. The Morgan fingerprint density at radius 2 is 1.77 bits per heavy atom. The van der Waals surface area contributed by atoms with Gasteiger partial charge in [0.2, 0.25) is 0 Å². The van der Waals surface area contributed by atoms with Crippen molar-refractivity contribution in [3.63, 3.8) is 0 Å². The van der Waals surface area contributed by atoms with Crippen LogP contribution in [0.4, 0.5) is 5.69 Å². The molecule has 0 aliphatic heterocycles. The maximum Gasteiger partial charge on any atom is 0.261 e. The third-order valence-corrected chi connectivity index (χ3v) is 4.88. The number of benzene rings is 1. The molecule has 3 rings (SSSR count). The molecule has 7 nitrogen and oxygen atoms in total. The lowest BCUT2D eigenvalue weighted by Gasteiger charge is -2.09. The minimum atomic E-state index is -3.74.